The number of nitrogens with one attached hydrogen (secondary N) is 10. The summed E-state index contributed by atoms with van der Waals surface area (Å²) in [5, 5.41) is 40.8. The normalized spacial score (nSPS) is 14.1. The molecule has 35 heteroatoms. The molecule has 83 heavy (non-hydrogen) atoms. The highest BCUT2D eigenvalue weighted by molar-refractivity contribution is 6.00. The SMILES string of the molecule is NCCCC[C@H](NC(=O)[C@H](Cc1cnc[nH]1)NC(=O)CNC(=O)[C@H](CCN)NC(=O)[C@H](CO)NC(=O)[C@H](CCCN=C(N)N)NC(=O)[C@H](CC(N)=O)NC(=O)[C@H](CC(N)=O)NC(=O)[C@H](Cc1ccccc1)NC(=O)[C@@H](N)CC(N)=O)C(=O)O. The van der Waals surface area contributed by atoms with E-state index in [1.165, 1.54) is 12.5 Å². The van der Waals surface area contributed by atoms with Crippen molar-refractivity contribution in [3.63, 3.8) is 0 Å². The summed E-state index contributed by atoms with van der Waals surface area (Å²) in [5.74, 6) is -14.7. The number of aliphatic hydroxyl groups is 1. The van der Waals surface area contributed by atoms with Crippen molar-refractivity contribution >= 4 is 82.8 Å². The molecule has 2 aromatic rings. The van der Waals surface area contributed by atoms with Crippen molar-refractivity contribution in [1.29, 1.82) is 0 Å². The third kappa shape index (κ3) is 27.1. The predicted molar refractivity (Wildman–Crippen MR) is 292 cm³/mol. The zero-order valence-electron chi connectivity index (χ0n) is 45.3. The van der Waals surface area contributed by atoms with Gasteiger partial charge in [-0.05, 0) is 57.2 Å². The van der Waals surface area contributed by atoms with Crippen LogP contribution in [0.4, 0.5) is 0 Å². The number of hydrogen-bond acceptors (Lipinski definition) is 19. The number of carboxylic acids is 1. The number of amides is 12. The van der Waals surface area contributed by atoms with Gasteiger partial charge in [0.25, 0.3) is 0 Å². The van der Waals surface area contributed by atoms with Gasteiger partial charge in [0, 0.05) is 31.3 Å². The number of nitrogens with zero attached hydrogens (tertiary/aromatic N) is 2. The highest BCUT2D eigenvalue weighted by Gasteiger charge is 2.35. The van der Waals surface area contributed by atoms with Crippen molar-refractivity contribution in [2.45, 2.75) is 125 Å². The van der Waals surface area contributed by atoms with E-state index in [0.717, 1.165) is 0 Å². The number of primary amides is 3. The van der Waals surface area contributed by atoms with Crippen LogP contribution in [0.5, 0.6) is 0 Å². The Hall–Kier alpha value is -9.35. The highest BCUT2D eigenvalue weighted by Crippen LogP contribution is 2.09. The van der Waals surface area contributed by atoms with Crippen LogP contribution >= 0.6 is 0 Å². The molecule has 28 N–H and O–H groups in total. The minimum atomic E-state index is -1.96. The van der Waals surface area contributed by atoms with Crippen molar-refractivity contribution in [3.8, 4) is 0 Å². The lowest BCUT2D eigenvalue weighted by Crippen LogP contribution is -2.61. The van der Waals surface area contributed by atoms with Crippen molar-refractivity contribution in [3.05, 3.63) is 54.1 Å². The first-order valence-corrected chi connectivity index (χ1v) is 25.9. The number of benzene rings is 1. The molecule has 1 heterocycles. The summed E-state index contributed by atoms with van der Waals surface area (Å²) in [6, 6.07) is -6.50. The molecule has 0 saturated heterocycles. The molecule has 0 fully saturated rings. The van der Waals surface area contributed by atoms with Gasteiger partial charge in [-0.25, -0.2) is 9.78 Å². The summed E-state index contributed by atoms with van der Waals surface area (Å²) >= 11 is 0. The fraction of sp³-hybridized carbons (Fsp3) is 0.521. The van der Waals surface area contributed by atoms with Gasteiger partial charge in [-0.2, -0.15) is 0 Å². The van der Waals surface area contributed by atoms with Crippen LogP contribution < -0.4 is 93.7 Å². The number of rotatable bonds is 40. The van der Waals surface area contributed by atoms with Crippen LogP contribution in [0.15, 0.2) is 47.8 Å². The summed E-state index contributed by atoms with van der Waals surface area (Å²) in [6.07, 6.45) is 0.0805. The molecule has 0 spiro atoms. The van der Waals surface area contributed by atoms with Gasteiger partial charge in [0.2, 0.25) is 70.9 Å². The Labute approximate surface area is 474 Å². The molecule has 9 atom stereocenters. The number of carbonyl (C=O) groups is 13. The van der Waals surface area contributed by atoms with E-state index in [4.69, 9.17) is 45.9 Å². The van der Waals surface area contributed by atoms with Crippen molar-refractivity contribution < 1.29 is 72.5 Å². The third-order valence-corrected chi connectivity index (χ3v) is 11.8. The summed E-state index contributed by atoms with van der Waals surface area (Å²) < 4.78 is 0. The number of aliphatic hydroxyl groups excluding tert-OH is 1. The summed E-state index contributed by atoms with van der Waals surface area (Å²) in [6.45, 7) is -1.97. The molecule has 0 aliphatic rings. The van der Waals surface area contributed by atoms with Crippen LogP contribution in [0.25, 0.3) is 0 Å². The molecule has 35 nitrogen and oxygen atoms in total. The van der Waals surface area contributed by atoms with Gasteiger partial charge < -0.3 is 109 Å². The lowest BCUT2D eigenvalue weighted by Gasteiger charge is -2.27. The number of imidazole rings is 1. The molecular formula is C48H76N20O15. The number of hydrogen-bond donors (Lipinski definition) is 20. The van der Waals surface area contributed by atoms with E-state index in [0.29, 0.717) is 30.6 Å². The van der Waals surface area contributed by atoms with Crippen LogP contribution in [0.1, 0.15) is 69.0 Å². The van der Waals surface area contributed by atoms with Crippen molar-refractivity contribution in [2.24, 2.45) is 50.9 Å². The number of nitrogens with two attached hydrogens (primary N) is 8. The Bertz CT molecular complexity index is 2570. The molecule has 0 saturated carbocycles. The molecule has 458 valence electrons. The Morgan fingerprint density at radius 3 is 1.52 bits per heavy atom. The second-order valence-electron chi connectivity index (χ2n) is 18.7. The number of H-pyrrole nitrogens is 1. The summed E-state index contributed by atoms with van der Waals surface area (Å²) in [5.41, 5.74) is 44.7. The van der Waals surface area contributed by atoms with E-state index in [2.05, 4.69) is 62.8 Å². The lowest BCUT2D eigenvalue weighted by molar-refractivity contribution is -0.142. The fourth-order valence-electron chi connectivity index (χ4n) is 7.62. The Kier molecular flexibility index (Phi) is 30.9. The minimum absolute atomic E-state index is 0.0456. The number of aromatic amines is 1. The quantitative estimate of drug-likeness (QED) is 0.0167. The van der Waals surface area contributed by atoms with Crippen LogP contribution in [-0.4, -0.2) is 190 Å². The van der Waals surface area contributed by atoms with Gasteiger partial charge in [-0.3, -0.25) is 62.5 Å². The van der Waals surface area contributed by atoms with E-state index in [1.54, 1.807) is 30.3 Å². The molecule has 0 bridgehead atoms. The second-order valence-corrected chi connectivity index (χ2v) is 18.7. The van der Waals surface area contributed by atoms with Crippen LogP contribution in [-0.2, 0) is 75.2 Å². The Morgan fingerprint density at radius 1 is 0.530 bits per heavy atom. The minimum Gasteiger partial charge on any atom is -0.480 e. The first kappa shape index (κ1) is 69.8. The maximum Gasteiger partial charge on any atom is 0.326 e. The monoisotopic (exact) mass is 1170 g/mol. The molecule has 1 aromatic carbocycles. The zero-order valence-corrected chi connectivity index (χ0v) is 45.3. The number of aliphatic imine (C=N–C) groups is 1. The number of carboxylic acid groups (broad SMARTS) is 1. The second kappa shape index (κ2) is 36.8. The topological polar surface area (TPSA) is 620 Å². The standard InChI is InChI=1S/C48H76N20O15/c49-12-5-4-9-29(47(82)83)64-43(78)31(16-25-20-57-23-60-25)61-38(73)21-59-40(75)28(11-13-50)63-46(81)34(22-69)68-41(76)27(10-6-14-58-48(55)56)62-44(79)32(18-36(53)71)67-45(80)33(19-37(54)72)66-42(77)30(15-24-7-2-1-3-8-24)65-39(74)26(51)17-35(52)70/h1-3,7-8,20,23,26-34,69H,4-6,9-19,21-22,49-51H2,(H2,52,70)(H2,53,71)(H2,54,72)(H,57,60)(H,59,75)(H,61,73)(H,62,79)(H,63,81)(H,64,78)(H,65,74)(H,66,77)(H,67,80)(H,68,76)(H,82,83)(H4,55,56,58)/t26-,27-,28-,29-,30-,31-,32-,33-,34-/m0/s1. The number of aromatic nitrogens is 2. The average molecular weight is 1170 g/mol. The molecule has 0 unspecified atom stereocenters. The molecule has 0 aliphatic heterocycles. The van der Waals surface area contributed by atoms with Gasteiger partial charge in [0.15, 0.2) is 5.96 Å². The summed E-state index contributed by atoms with van der Waals surface area (Å²) in [4.78, 5) is 180. The lowest BCUT2D eigenvalue weighted by atomic mass is 10.0. The largest absolute Gasteiger partial charge is 0.480 e. The molecule has 2 rings (SSSR count). The Morgan fingerprint density at radius 2 is 1.01 bits per heavy atom. The van der Waals surface area contributed by atoms with Crippen LogP contribution in [0, 0.1) is 0 Å². The number of aliphatic carboxylic acids is 1. The number of unbranched alkanes of at least 4 members (excludes halogenated alkanes) is 1. The van der Waals surface area contributed by atoms with E-state index in [-0.39, 0.29) is 57.6 Å². The first-order valence-electron chi connectivity index (χ1n) is 25.9. The Balaban J connectivity index is 2.31. The van der Waals surface area contributed by atoms with Gasteiger partial charge >= 0.3 is 5.97 Å². The molecule has 1 aromatic heterocycles. The highest BCUT2D eigenvalue weighted by atomic mass is 16.4. The van der Waals surface area contributed by atoms with Crippen LogP contribution in [0.3, 0.4) is 0 Å². The zero-order chi connectivity index (χ0) is 62.2. The summed E-state index contributed by atoms with van der Waals surface area (Å²) in [7, 11) is 0. The average Bonchev–Trinajstić information content (AvgIpc) is 4.06. The number of guanidine groups is 1. The van der Waals surface area contributed by atoms with Gasteiger partial charge in [0.05, 0.1) is 44.8 Å². The van der Waals surface area contributed by atoms with Crippen molar-refractivity contribution in [1.82, 2.24) is 57.8 Å². The molecular weight excluding hydrogens is 1100 g/mol. The van der Waals surface area contributed by atoms with Gasteiger partial charge in [-0.15, -0.1) is 0 Å². The van der Waals surface area contributed by atoms with E-state index in [9.17, 15) is 72.5 Å². The van der Waals surface area contributed by atoms with Gasteiger partial charge in [-0.1, -0.05) is 30.3 Å². The molecule has 12 amide bonds. The van der Waals surface area contributed by atoms with E-state index < -0.39 is 164 Å². The van der Waals surface area contributed by atoms with Crippen molar-refractivity contribution in [2.75, 3.05) is 32.8 Å². The van der Waals surface area contributed by atoms with Crippen LogP contribution in [0.2, 0.25) is 0 Å². The first-order chi connectivity index (χ1) is 39.3. The maximum absolute atomic E-state index is 14.0. The fourth-order valence-corrected chi connectivity index (χ4v) is 7.62. The number of carbonyl (C=O) groups excluding carboxylic acids is 12. The van der Waals surface area contributed by atoms with E-state index >= 15 is 0 Å². The van der Waals surface area contributed by atoms with Gasteiger partial charge in [0.1, 0.15) is 48.3 Å². The maximum atomic E-state index is 14.0. The molecule has 0 radical (unpaired) electrons. The molecule has 0 aliphatic carbocycles. The predicted octanol–water partition coefficient (Wildman–Crippen LogP) is -10.2. The third-order valence-electron chi connectivity index (χ3n) is 11.8. The smallest absolute Gasteiger partial charge is 0.326 e. The van der Waals surface area contributed by atoms with E-state index in [1.807, 2.05) is 0 Å².